The second-order valence-electron chi connectivity index (χ2n) is 3.41. The van der Waals surface area contributed by atoms with Gasteiger partial charge in [-0.05, 0) is 25.1 Å². The van der Waals surface area contributed by atoms with Gasteiger partial charge in [-0.2, -0.15) is 5.10 Å². The molecule has 0 aliphatic rings. The van der Waals surface area contributed by atoms with E-state index in [9.17, 15) is 5.11 Å². The first-order valence-corrected chi connectivity index (χ1v) is 5.27. The summed E-state index contributed by atoms with van der Waals surface area (Å²) in [6.45, 7) is 1.75. The lowest BCUT2D eigenvalue weighted by Gasteiger charge is -1.96. The highest BCUT2D eigenvalue weighted by atomic mass is 16.9. The zero-order valence-electron chi connectivity index (χ0n) is 10.7. The van der Waals surface area contributed by atoms with Crippen LogP contribution in [0.5, 0.6) is 5.75 Å². The van der Waals surface area contributed by atoms with Gasteiger partial charge in [0, 0.05) is 5.56 Å². The van der Waals surface area contributed by atoms with Gasteiger partial charge in [0.05, 0.1) is 5.71 Å². The molecular weight excluding hydrogens is 266 g/mol. The molecule has 0 atom stereocenters. The van der Waals surface area contributed by atoms with Crippen LogP contribution in [-0.2, 0) is 0 Å². The molecule has 1 aromatic carbocycles. The lowest BCUT2D eigenvalue weighted by molar-refractivity contribution is -0.969. The fourth-order valence-corrected chi connectivity index (χ4v) is 1.01. The molecule has 0 aliphatic heterocycles. The molecule has 20 heavy (non-hydrogen) atoms. The van der Waals surface area contributed by atoms with Crippen LogP contribution in [0.3, 0.4) is 0 Å². The molecule has 108 valence electrons. The molecule has 7 N–H and O–H groups in total. The van der Waals surface area contributed by atoms with Gasteiger partial charge in [0.1, 0.15) is 10.7 Å². The van der Waals surface area contributed by atoms with Gasteiger partial charge in [0.2, 0.25) is 5.96 Å². The van der Waals surface area contributed by atoms with Crippen molar-refractivity contribution in [2.45, 2.75) is 6.92 Å². The van der Waals surface area contributed by atoms with E-state index in [-0.39, 0.29) is 11.7 Å². The van der Waals surface area contributed by atoms with Crippen LogP contribution in [-0.4, -0.2) is 32.3 Å². The van der Waals surface area contributed by atoms with Crippen molar-refractivity contribution in [3.63, 3.8) is 0 Å². The van der Waals surface area contributed by atoms with Crippen LogP contribution in [0.25, 0.3) is 6.08 Å². The lowest BCUT2D eigenvalue weighted by Crippen LogP contribution is -2.21. The predicted molar refractivity (Wildman–Crippen MR) is 73.3 cm³/mol. The quantitative estimate of drug-likeness (QED) is 0.310. The Morgan fingerprint density at radius 2 is 1.80 bits per heavy atom. The molecule has 1 rings (SSSR count). The summed E-state index contributed by atoms with van der Waals surface area (Å²) in [5, 5.41) is 29.3. The maximum atomic E-state index is 9.48. The molecule has 1 aromatic rings. The standard InChI is InChI=1S/C11H14N4O.H2NO3/c1-8(14-15-11(12)13)6-7-9-4-2-3-5-10(9)16;2-1(3)4/h2-7,16H,1H3,(H4,12,13,15);(H2,2,3,4)/q;+1/b7-6+,14-8+;. The Balaban J connectivity index is 0.000000796. The van der Waals surface area contributed by atoms with Crippen molar-refractivity contribution in [3.05, 3.63) is 40.8 Å². The van der Waals surface area contributed by atoms with E-state index in [0.29, 0.717) is 11.3 Å². The molecule has 9 nitrogen and oxygen atoms in total. The summed E-state index contributed by atoms with van der Waals surface area (Å²) in [7, 11) is 0. The van der Waals surface area contributed by atoms with Crippen LogP contribution in [0.1, 0.15) is 12.5 Å². The SMILES string of the molecule is CC(/C=C/c1ccccc1O)=N\N=C(N)N.O=[N+](O)O. The highest BCUT2D eigenvalue weighted by molar-refractivity contribution is 5.96. The third-order valence-electron chi connectivity index (χ3n) is 1.76. The summed E-state index contributed by atoms with van der Waals surface area (Å²) >= 11 is 0. The van der Waals surface area contributed by atoms with Crippen molar-refractivity contribution in [3.8, 4) is 5.75 Å². The fourth-order valence-electron chi connectivity index (χ4n) is 1.01. The second-order valence-corrected chi connectivity index (χ2v) is 3.41. The Bertz CT molecular complexity index is 531. The van der Waals surface area contributed by atoms with E-state index >= 15 is 0 Å². The number of nitrogens with two attached hydrogens (primary N) is 2. The van der Waals surface area contributed by atoms with Crippen molar-refractivity contribution >= 4 is 17.7 Å². The first kappa shape index (κ1) is 16.9. The van der Waals surface area contributed by atoms with Gasteiger partial charge in [-0.1, -0.05) is 18.2 Å². The van der Waals surface area contributed by atoms with E-state index in [1.54, 1.807) is 37.3 Å². The average molecular weight is 282 g/mol. The minimum absolute atomic E-state index is 0.0877. The third kappa shape index (κ3) is 8.98. The number of rotatable bonds is 3. The number of aromatic hydroxyl groups is 1. The number of hydrogen-bond acceptors (Lipinski definition) is 4. The molecule has 0 saturated heterocycles. The summed E-state index contributed by atoms with van der Waals surface area (Å²) in [4.78, 5) is 8.47. The Labute approximate surface area is 114 Å². The van der Waals surface area contributed by atoms with Crippen molar-refractivity contribution in [1.29, 1.82) is 0 Å². The molecule has 0 fully saturated rings. The minimum atomic E-state index is -1.25. The molecular formula is C11H16N5O4+. The summed E-state index contributed by atoms with van der Waals surface area (Å²) in [5.74, 6) is 0.128. The Hall–Kier alpha value is -3.10. The summed E-state index contributed by atoms with van der Waals surface area (Å²) in [6.07, 6.45) is 3.44. The number of hydrogen-bond donors (Lipinski definition) is 5. The molecule has 9 heteroatoms. The van der Waals surface area contributed by atoms with Gasteiger partial charge in [0.15, 0.2) is 0 Å². The number of guanidine groups is 1. The molecule has 0 radical (unpaired) electrons. The highest BCUT2D eigenvalue weighted by Gasteiger charge is 1.93. The van der Waals surface area contributed by atoms with Gasteiger partial charge >= 0.3 is 5.09 Å². The van der Waals surface area contributed by atoms with E-state index in [1.165, 1.54) is 0 Å². The number of nitrogens with zero attached hydrogens (tertiary/aromatic N) is 3. The van der Waals surface area contributed by atoms with Gasteiger partial charge in [0.25, 0.3) is 0 Å². The van der Waals surface area contributed by atoms with Gasteiger partial charge in [-0.15, -0.1) is 5.10 Å². The third-order valence-corrected chi connectivity index (χ3v) is 1.76. The Kier molecular flexibility index (Phi) is 7.53. The van der Waals surface area contributed by atoms with Crippen LogP contribution in [0.2, 0.25) is 0 Å². The number of phenolic OH excluding ortho intramolecular Hbond substituents is 1. The summed E-state index contributed by atoms with van der Waals surface area (Å²) in [6, 6.07) is 7.00. The van der Waals surface area contributed by atoms with E-state index in [2.05, 4.69) is 10.2 Å². The van der Waals surface area contributed by atoms with E-state index in [4.69, 9.17) is 26.8 Å². The monoisotopic (exact) mass is 282 g/mol. The molecule has 0 saturated carbocycles. The molecule has 0 aromatic heterocycles. The van der Waals surface area contributed by atoms with Crippen LogP contribution < -0.4 is 11.5 Å². The molecule has 0 amide bonds. The maximum absolute atomic E-state index is 9.48. The lowest BCUT2D eigenvalue weighted by atomic mass is 10.2. The molecule has 0 heterocycles. The van der Waals surface area contributed by atoms with Gasteiger partial charge in [-0.3, -0.25) is 0 Å². The van der Waals surface area contributed by atoms with Crippen molar-refractivity contribution in [1.82, 2.24) is 0 Å². The molecule has 0 unspecified atom stereocenters. The normalized spacial score (nSPS) is 10.6. The smallest absolute Gasteiger partial charge is 0.472 e. The minimum Gasteiger partial charge on any atom is -0.507 e. The highest BCUT2D eigenvalue weighted by Crippen LogP contribution is 2.16. The van der Waals surface area contributed by atoms with Gasteiger partial charge in [-0.25, -0.2) is 10.4 Å². The van der Waals surface area contributed by atoms with Crippen LogP contribution >= 0.6 is 0 Å². The number of para-hydroxylation sites is 1. The number of allylic oxidation sites excluding steroid dienone is 1. The van der Waals surface area contributed by atoms with Crippen molar-refractivity contribution in [2.75, 3.05) is 0 Å². The molecule has 0 bridgehead atoms. The molecule has 0 spiro atoms. The van der Waals surface area contributed by atoms with E-state index in [1.807, 2.05) is 6.07 Å². The molecule has 0 aliphatic carbocycles. The summed E-state index contributed by atoms with van der Waals surface area (Å²) in [5.41, 5.74) is 11.6. The average Bonchev–Trinajstić information content (AvgIpc) is 2.34. The van der Waals surface area contributed by atoms with E-state index < -0.39 is 5.09 Å². The zero-order valence-corrected chi connectivity index (χ0v) is 10.7. The van der Waals surface area contributed by atoms with Crippen molar-refractivity contribution < 1.29 is 20.6 Å². The first-order valence-electron chi connectivity index (χ1n) is 5.27. The predicted octanol–water partition coefficient (Wildman–Crippen LogP) is 0.598. The first-order chi connectivity index (χ1) is 9.32. The maximum Gasteiger partial charge on any atom is 0.472 e. The van der Waals surface area contributed by atoms with E-state index in [0.717, 1.165) is 0 Å². The number of phenols is 1. The Morgan fingerprint density at radius 1 is 1.25 bits per heavy atom. The van der Waals surface area contributed by atoms with Crippen LogP contribution in [0, 0.1) is 4.91 Å². The summed E-state index contributed by atoms with van der Waals surface area (Å²) < 4.78 is 0. The van der Waals surface area contributed by atoms with Crippen LogP contribution in [0.4, 0.5) is 0 Å². The fraction of sp³-hybridized carbons (Fsp3) is 0.0909. The van der Waals surface area contributed by atoms with Crippen molar-refractivity contribution in [2.24, 2.45) is 21.7 Å². The van der Waals surface area contributed by atoms with Crippen LogP contribution in [0.15, 0.2) is 40.5 Å². The Morgan fingerprint density at radius 3 is 2.30 bits per heavy atom. The topological polar surface area (TPSA) is 158 Å². The second kappa shape index (κ2) is 8.91. The zero-order chi connectivity index (χ0) is 15.5. The largest absolute Gasteiger partial charge is 0.507 e. The van der Waals surface area contributed by atoms with Gasteiger partial charge < -0.3 is 16.6 Å². The number of benzene rings is 1.